The molecule has 0 bridgehead atoms. The Balaban J connectivity index is 0.000000654. The molecule has 9 nitrogen and oxygen atoms in total. The minimum atomic E-state index is 0. The second kappa shape index (κ2) is 50.1. The van der Waals surface area contributed by atoms with Gasteiger partial charge in [-0.3, -0.25) is 14.4 Å². The number of aliphatic hydroxyl groups is 3. The molecule has 0 saturated heterocycles. The summed E-state index contributed by atoms with van der Waals surface area (Å²) >= 11 is 0. The molecule has 12 heteroatoms. The van der Waals surface area contributed by atoms with Crippen molar-refractivity contribution in [2.24, 2.45) is 41.4 Å². The minimum absolute atomic E-state index is 0. The Labute approximate surface area is 691 Å². The second-order valence-corrected chi connectivity index (χ2v) is 30.6. The molecule has 108 heavy (non-hydrogen) atoms. The van der Waals surface area contributed by atoms with Crippen LogP contribution in [0.5, 0.6) is 0 Å². The molecular weight excluding hydrogens is 1870 g/mol. The van der Waals surface area contributed by atoms with Crippen LogP contribution in [-0.2, 0) is 81.1 Å². The number of hydrogen-bond donors (Lipinski definition) is 3. The zero-order valence-corrected chi connectivity index (χ0v) is 76.5. The van der Waals surface area contributed by atoms with Crippen LogP contribution in [0.1, 0.15) is 238 Å². The number of aryl methyl sites for hydroxylation is 6. The summed E-state index contributed by atoms with van der Waals surface area (Å²) in [6.07, 6.45) is 17.2. The van der Waals surface area contributed by atoms with Gasteiger partial charge < -0.3 is 30.3 Å². The van der Waals surface area contributed by atoms with Crippen LogP contribution in [0, 0.1) is 101 Å². The third kappa shape index (κ3) is 33.0. The number of aromatic nitrogens is 3. The third-order valence-electron chi connectivity index (χ3n) is 18.7. The van der Waals surface area contributed by atoms with Crippen molar-refractivity contribution in [3.8, 4) is 33.8 Å². The number of hydrogen-bond acceptors (Lipinski definition) is 9. The first-order valence-corrected chi connectivity index (χ1v) is 38.6. The van der Waals surface area contributed by atoms with Crippen molar-refractivity contribution in [2.75, 3.05) is 0 Å². The standard InChI is InChI=1S/C21H22N.2C20H20N.C13H24O2.2C11H20O2.3Ir/c1-14(2)9-17-5-6-18-7-8-22-21(20(18)13-17)19-11-15(3)10-16(4)12-19;2*1-13(2)17-6-5-16-7-8-21-20(19(16)12-17)18-10-14(3)9-15(4)11-18;1-5-10(6-2)12(14)9-13(15)11(7-3)8-4;1-8(2)5-10(12)7-11(13)6-9(3)4;1-5-8(3)10(12)7-11(13)9(4)6-2;;;/h5-8,10-11,13-14H,9H2,1-4H3;2*5-10,12-13H,1-4H3;9-11,14H,5-8H2,1-4H3;2*7-9,12H,5-6H2,1-4H3;;;/q3*-1;;;;;;. The van der Waals surface area contributed by atoms with Gasteiger partial charge in [0.15, 0.2) is 17.3 Å². The number of nitrogens with zero attached hydrogens (tertiary/aromatic N) is 3. The summed E-state index contributed by atoms with van der Waals surface area (Å²) < 4.78 is 0. The molecule has 3 N–H and O–H groups in total. The molecule has 3 radical (unpaired) electrons. The fourth-order valence-corrected chi connectivity index (χ4v) is 12.4. The van der Waals surface area contributed by atoms with E-state index in [1.165, 1.54) is 83.9 Å². The fraction of sp³-hybridized carbons (Fsp3) is 0.438. The summed E-state index contributed by atoms with van der Waals surface area (Å²) in [5, 5.41) is 35.9. The molecule has 2 atom stereocenters. The van der Waals surface area contributed by atoms with E-state index >= 15 is 0 Å². The van der Waals surface area contributed by atoms with Crippen LogP contribution in [0.2, 0.25) is 0 Å². The molecule has 0 amide bonds. The maximum absolute atomic E-state index is 11.7. The second-order valence-electron chi connectivity index (χ2n) is 30.6. The summed E-state index contributed by atoms with van der Waals surface area (Å²) in [6, 6.07) is 49.6. The van der Waals surface area contributed by atoms with Crippen molar-refractivity contribution in [1.29, 1.82) is 0 Å². The number of rotatable bonds is 24. The predicted molar refractivity (Wildman–Crippen MR) is 446 cm³/mol. The van der Waals surface area contributed by atoms with E-state index in [1.54, 1.807) is 0 Å². The summed E-state index contributed by atoms with van der Waals surface area (Å²) in [7, 11) is 0. The molecule has 6 aromatic carbocycles. The molecule has 0 spiro atoms. The van der Waals surface area contributed by atoms with E-state index < -0.39 is 0 Å². The van der Waals surface area contributed by atoms with E-state index in [2.05, 4.69) is 225 Å². The van der Waals surface area contributed by atoms with E-state index in [9.17, 15) is 29.7 Å². The molecule has 9 rings (SSSR count). The average Bonchev–Trinajstić information content (AvgIpc) is 0.801. The molecular formula is C96H126Ir3N3O6-3. The van der Waals surface area contributed by atoms with Gasteiger partial charge in [-0.15, -0.1) is 105 Å². The van der Waals surface area contributed by atoms with E-state index in [1.807, 2.05) is 102 Å². The summed E-state index contributed by atoms with van der Waals surface area (Å²) in [5.41, 5.74) is 17.6. The van der Waals surface area contributed by atoms with Gasteiger partial charge >= 0.3 is 0 Å². The zero-order valence-electron chi connectivity index (χ0n) is 69.3. The van der Waals surface area contributed by atoms with Crippen molar-refractivity contribution in [3.63, 3.8) is 0 Å². The van der Waals surface area contributed by atoms with E-state index in [4.69, 9.17) is 0 Å². The van der Waals surface area contributed by atoms with E-state index in [-0.39, 0.29) is 119 Å². The molecule has 591 valence electrons. The number of carbonyl (C=O) groups is 3. The van der Waals surface area contributed by atoms with Crippen LogP contribution in [-0.4, -0.2) is 47.6 Å². The molecule has 0 aliphatic rings. The zero-order chi connectivity index (χ0) is 78.4. The van der Waals surface area contributed by atoms with Gasteiger partial charge in [-0.05, 0) is 159 Å². The van der Waals surface area contributed by atoms with Crippen LogP contribution >= 0.6 is 0 Å². The molecule has 3 heterocycles. The van der Waals surface area contributed by atoms with Gasteiger partial charge in [-0.2, -0.15) is 0 Å². The molecule has 0 aliphatic heterocycles. The summed E-state index contributed by atoms with van der Waals surface area (Å²) in [4.78, 5) is 48.2. The predicted octanol–water partition coefficient (Wildman–Crippen LogP) is 26.4. The van der Waals surface area contributed by atoms with Crippen molar-refractivity contribution >= 4 is 49.7 Å². The Morgan fingerprint density at radius 2 is 0.750 bits per heavy atom. The van der Waals surface area contributed by atoms with Gasteiger partial charge in [0.1, 0.15) is 0 Å². The van der Waals surface area contributed by atoms with Crippen LogP contribution in [0.3, 0.4) is 0 Å². The Morgan fingerprint density at radius 1 is 0.389 bits per heavy atom. The number of pyridine rings is 3. The molecule has 0 saturated carbocycles. The number of aliphatic hydroxyl groups excluding tert-OH is 3. The molecule has 0 fully saturated rings. The molecule has 2 unspecified atom stereocenters. The van der Waals surface area contributed by atoms with Crippen LogP contribution < -0.4 is 0 Å². The van der Waals surface area contributed by atoms with Crippen LogP contribution in [0.15, 0.2) is 163 Å². The van der Waals surface area contributed by atoms with E-state index in [0.717, 1.165) is 95.4 Å². The van der Waals surface area contributed by atoms with E-state index in [0.29, 0.717) is 42.4 Å². The van der Waals surface area contributed by atoms with Gasteiger partial charge in [-0.1, -0.05) is 221 Å². The normalized spacial score (nSPS) is 12.0. The summed E-state index contributed by atoms with van der Waals surface area (Å²) in [6.45, 7) is 49.8. The van der Waals surface area contributed by atoms with Crippen molar-refractivity contribution in [2.45, 2.75) is 236 Å². The number of allylic oxidation sites excluding steroid dienone is 6. The Kier molecular flexibility index (Phi) is 46.0. The monoisotopic (exact) mass is 2000 g/mol. The minimum Gasteiger partial charge on any atom is -0.512 e. The van der Waals surface area contributed by atoms with Gasteiger partial charge in [0.05, 0.1) is 17.3 Å². The Morgan fingerprint density at radius 3 is 1.08 bits per heavy atom. The van der Waals surface area contributed by atoms with Crippen LogP contribution in [0.4, 0.5) is 0 Å². The molecule has 9 aromatic rings. The maximum atomic E-state index is 11.7. The van der Waals surface area contributed by atoms with Crippen molar-refractivity contribution in [1.82, 2.24) is 15.0 Å². The Hall–Kier alpha value is -6.87. The van der Waals surface area contributed by atoms with Gasteiger partial charge in [0, 0.05) is 134 Å². The number of benzene rings is 6. The molecule has 0 aliphatic carbocycles. The van der Waals surface area contributed by atoms with Crippen molar-refractivity contribution < 1.29 is 90.0 Å². The molecule has 3 aromatic heterocycles. The summed E-state index contributed by atoms with van der Waals surface area (Å²) in [5.74, 6) is 3.58. The van der Waals surface area contributed by atoms with Crippen LogP contribution in [0.25, 0.3) is 66.1 Å². The third-order valence-corrected chi connectivity index (χ3v) is 18.7. The maximum Gasteiger partial charge on any atom is 0.162 e. The van der Waals surface area contributed by atoms with Gasteiger partial charge in [0.2, 0.25) is 0 Å². The number of carbonyl (C=O) groups excluding carboxylic acids is 3. The number of fused-ring (bicyclic) bond motifs is 3. The first-order valence-electron chi connectivity index (χ1n) is 38.6. The largest absolute Gasteiger partial charge is 0.512 e. The average molecular weight is 1990 g/mol. The SMILES string of the molecule is CC(C)CC(=O)C=C(O)CC(C)C.CCC(C)C(=O)C=C(O)C(C)CC.CCC(CC)C(=O)C=C(O)C(CC)CC.Cc1[c-]c(-c2nccc3ccc(C(C)C)cc23)cc(C)c1.Cc1[c-]c(-c2nccc3ccc(C(C)C)cc23)cc(C)c1.Cc1[c-]c(-c2nccc3ccc(CC(C)C)cc23)cc(C)c1.[Ir].[Ir].[Ir]. The Bertz CT molecular complexity index is 4170. The van der Waals surface area contributed by atoms with Crippen molar-refractivity contribution in [3.05, 3.63) is 232 Å². The van der Waals surface area contributed by atoms with Gasteiger partial charge in [-0.25, -0.2) is 0 Å². The quantitative estimate of drug-likeness (QED) is 0.0305. The number of ketones is 3. The topological polar surface area (TPSA) is 151 Å². The fourth-order valence-electron chi connectivity index (χ4n) is 12.4. The van der Waals surface area contributed by atoms with Gasteiger partial charge in [0.25, 0.3) is 0 Å². The smallest absolute Gasteiger partial charge is 0.162 e. The first kappa shape index (κ1) is 99.1. The first-order chi connectivity index (χ1) is 49.6.